The maximum atomic E-state index is 11.8. The lowest BCUT2D eigenvalue weighted by Gasteiger charge is -2.24. The Morgan fingerprint density at radius 3 is 2.47 bits per heavy atom. The lowest BCUT2D eigenvalue weighted by Crippen LogP contribution is -2.39. The van der Waals surface area contributed by atoms with Crippen molar-refractivity contribution in [2.45, 2.75) is 44.9 Å². The summed E-state index contributed by atoms with van der Waals surface area (Å²) in [5.74, 6) is -0.774. The van der Waals surface area contributed by atoms with Crippen LogP contribution in [0.1, 0.15) is 50.7 Å². The zero-order valence-electron chi connectivity index (χ0n) is 11.4. The Bertz CT molecular complexity index is 531. The molecule has 19 heavy (non-hydrogen) atoms. The highest BCUT2D eigenvalue weighted by Gasteiger charge is 2.29. The molecule has 1 aliphatic rings. The number of hydrogen-bond donors (Lipinski definition) is 1. The van der Waals surface area contributed by atoms with E-state index in [4.69, 9.17) is 11.6 Å². The van der Waals surface area contributed by atoms with Gasteiger partial charge in [0.05, 0.1) is 5.92 Å². The first-order valence-corrected chi connectivity index (χ1v) is 6.80. The molecule has 4 heteroatoms. The number of carbonyl (C=O) groups is 2. The van der Waals surface area contributed by atoms with Crippen LogP contribution in [0.4, 0.5) is 0 Å². The minimum atomic E-state index is -0.320. The molecule has 0 radical (unpaired) electrons. The monoisotopic (exact) mass is 279 g/mol. The van der Waals surface area contributed by atoms with E-state index >= 15 is 0 Å². The third-order valence-electron chi connectivity index (χ3n) is 3.48. The molecule has 1 aromatic rings. The van der Waals surface area contributed by atoms with Gasteiger partial charge in [-0.25, -0.2) is 0 Å². The van der Waals surface area contributed by atoms with Crippen molar-refractivity contribution >= 4 is 23.4 Å². The summed E-state index contributed by atoms with van der Waals surface area (Å²) in [7, 11) is 0. The first-order chi connectivity index (χ1) is 8.79. The van der Waals surface area contributed by atoms with E-state index in [2.05, 4.69) is 26.1 Å². The van der Waals surface area contributed by atoms with Gasteiger partial charge in [-0.3, -0.25) is 14.9 Å². The molecular formula is C15H18ClNO2. The summed E-state index contributed by atoms with van der Waals surface area (Å²) in [6.45, 7) is 6.35. The van der Waals surface area contributed by atoms with E-state index < -0.39 is 0 Å². The highest BCUT2D eigenvalue weighted by atomic mass is 35.5. The van der Waals surface area contributed by atoms with Crippen molar-refractivity contribution in [3.63, 3.8) is 0 Å². The molecule has 1 fully saturated rings. The van der Waals surface area contributed by atoms with Gasteiger partial charge in [0.15, 0.2) is 0 Å². The summed E-state index contributed by atoms with van der Waals surface area (Å²) >= 11 is 6.31. The van der Waals surface area contributed by atoms with Crippen LogP contribution in [-0.4, -0.2) is 11.8 Å². The van der Waals surface area contributed by atoms with E-state index in [1.165, 1.54) is 0 Å². The van der Waals surface area contributed by atoms with Crippen molar-refractivity contribution in [3.05, 3.63) is 34.3 Å². The smallest absolute Gasteiger partial charge is 0.234 e. The van der Waals surface area contributed by atoms with Gasteiger partial charge in [0.2, 0.25) is 11.8 Å². The van der Waals surface area contributed by atoms with Crippen molar-refractivity contribution in [1.82, 2.24) is 5.32 Å². The Hall–Kier alpha value is -1.35. The molecule has 1 aliphatic heterocycles. The maximum absolute atomic E-state index is 11.8. The fourth-order valence-corrected chi connectivity index (χ4v) is 2.58. The van der Waals surface area contributed by atoms with Crippen LogP contribution < -0.4 is 5.32 Å². The summed E-state index contributed by atoms with van der Waals surface area (Å²) in [5, 5.41) is 2.96. The van der Waals surface area contributed by atoms with Crippen LogP contribution in [-0.2, 0) is 15.0 Å². The summed E-state index contributed by atoms with van der Waals surface area (Å²) in [6.07, 6.45) is 0.896. The van der Waals surface area contributed by atoms with Crippen LogP contribution in [0.2, 0.25) is 5.02 Å². The van der Waals surface area contributed by atoms with Crippen molar-refractivity contribution in [2.75, 3.05) is 0 Å². The molecule has 3 nitrogen and oxygen atoms in total. The van der Waals surface area contributed by atoms with Crippen LogP contribution in [0.3, 0.4) is 0 Å². The third kappa shape index (κ3) is 2.98. The Balaban J connectivity index is 2.31. The van der Waals surface area contributed by atoms with Gasteiger partial charge in [-0.2, -0.15) is 0 Å². The van der Waals surface area contributed by atoms with E-state index in [0.717, 1.165) is 11.1 Å². The first-order valence-electron chi connectivity index (χ1n) is 6.42. The Labute approximate surface area is 118 Å². The highest BCUT2D eigenvalue weighted by Crippen LogP contribution is 2.33. The number of nitrogens with one attached hydrogen (secondary N) is 1. The molecule has 0 aliphatic carbocycles. The van der Waals surface area contributed by atoms with Crippen LogP contribution in [0.25, 0.3) is 0 Å². The number of rotatable bonds is 1. The number of imide groups is 1. The Kier molecular flexibility index (Phi) is 3.68. The number of halogens is 1. The second-order valence-corrected chi connectivity index (χ2v) is 6.40. The van der Waals surface area contributed by atoms with Crippen molar-refractivity contribution in [3.8, 4) is 0 Å². The second kappa shape index (κ2) is 4.97. The molecule has 1 unspecified atom stereocenters. The lowest BCUT2D eigenvalue weighted by atomic mass is 9.84. The van der Waals surface area contributed by atoms with Crippen molar-refractivity contribution in [1.29, 1.82) is 0 Å². The molecule has 0 saturated carbocycles. The summed E-state index contributed by atoms with van der Waals surface area (Å²) in [6, 6.07) is 5.83. The van der Waals surface area contributed by atoms with Gasteiger partial charge in [-0.15, -0.1) is 0 Å². The third-order valence-corrected chi connectivity index (χ3v) is 3.81. The zero-order valence-corrected chi connectivity index (χ0v) is 12.2. The van der Waals surface area contributed by atoms with Crippen LogP contribution in [0.5, 0.6) is 0 Å². The molecule has 1 aromatic carbocycles. The summed E-state index contributed by atoms with van der Waals surface area (Å²) in [4.78, 5) is 23.0. The van der Waals surface area contributed by atoms with Gasteiger partial charge in [0, 0.05) is 11.4 Å². The molecule has 1 atom stereocenters. The van der Waals surface area contributed by atoms with Crippen LogP contribution in [0.15, 0.2) is 18.2 Å². The molecule has 2 rings (SSSR count). The van der Waals surface area contributed by atoms with Crippen LogP contribution >= 0.6 is 11.6 Å². The predicted octanol–water partition coefficient (Wildman–Crippen LogP) is 3.16. The zero-order chi connectivity index (χ0) is 14.2. The van der Waals surface area contributed by atoms with Gasteiger partial charge >= 0.3 is 0 Å². The summed E-state index contributed by atoms with van der Waals surface area (Å²) < 4.78 is 0. The van der Waals surface area contributed by atoms with Gasteiger partial charge in [-0.1, -0.05) is 44.5 Å². The SMILES string of the molecule is CC(C)(C)c1ccc(C2CCC(=O)NC2=O)c(Cl)c1. The number of benzene rings is 1. The molecule has 0 spiro atoms. The minimum Gasteiger partial charge on any atom is -0.296 e. The van der Waals surface area contributed by atoms with Gasteiger partial charge in [-0.05, 0) is 29.0 Å². The largest absolute Gasteiger partial charge is 0.296 e. The summed E-state index contributed by atoms with van der Waals surface area (Å²) in [5.41, 5.74) is 1.96. The fraction of sp³-hybridized carbons (Fsp3) is 0.467. The van der Waals surface area contributed by atoms with Gasteiger partial charge < -0.3 is 0 Å². The van der Waals surface area contributed by atoms with E-state index in [1.54, 1.807) is 0 Å². The van der Waals surface area contributed by atoms with E-state index in [-0.39, 0.29) is 23.1 Å². The van der Waals surface area contributed by atoms with Gasteiger partial charge in [0.25, 0.3) is 0 Å². The number of hydrogen-bond acceptors (Lipinski definition) is 2. The average Bonchev–Trinajstić information content (AvgIpc) is 2.28. The lowest BCUT2D eigenvalue weighted by molar-refractivity contribution is -0.134. The Morgan fingerprint density at radius 2 is 1.95 bits per heavy atom. The Morgan fingerprint density at radius 1 is 1.26 bits per heavy atom. The van der Waals surface area contributed by atoms with Gasteiger partial charge in [0.1, 0.15) is 0 Å². The molecular weight excluding hydrogens is 262 g/mol. The number of carbonyl (C=O) groups excluding carboxylic acids is 2. The predicted molar refractivity (Wildman–Crippen MR) is 75.3 cm³/mol. The maximum Gasteiger partial charge on any atom is 0.234 e. The quantitative estimate of drug-likeness (QED) is 0.803. The number of amides is 2. The highest BCUT2D eigenvalue weighted by molar-refractivity contribution is 6.31. The second-order valence-electron chi connectivity index (χ2n) is 5.99. The molecule has 0 bridgehead atoms. The molecule has 2 amide bonds. The standard InChI is InChI=1S/C15H18ClNO2/c1-15(2,3)9-4-5-10(12(16)8-9)11-6-7-13(18)17-14(11)19/h4-5,8,11H,6-7H2,1-3H3,(H,17,18,19). The first kappa shape index (κ1) is 14.1. The molecule has 0 aromatic heterocycles. The van der Waals surface area contributed by atoms with E-state index in [0.29, 0.717) is 17.9 Å². The normalized spacial score (nSPS) is 20.3. The van der Waals surface area contributed by atoms with E-state index in [9.17, 15) is 9.59 Å². The average molecular weight is 280 g/mol. The van der Waals surface area contributed by atoms with Crippen molar-refractivity contribution in [2.24, 2.45) is 0 Å². The van der Waals surface area contributed by atoms with Crippen molar-refractivity contribution < 1.29 is 9.59 Å². The molecule has 1 N–H and O–H groups in total. The number of piperidine rings is 1. The minimum absolute atomic E-state index is 0.0208. The fourth-order valence-electron chi connectivity index (χ4n) is 2.27. The molecule has 1 heterocycles. The van der Waals surface area contributed by atoms with Crippen LogP contribution in [0, 0.1) is 0 Å². The topological polar surface area (TPSA) is 46.2 Å². The van der Waals surface area contributed by atoms with E-state index in [1.807, 2.05) is 18.2 Å². The molecule has 1 saturated heterocycles. The molecule has 102 valence electrons.